The third-order valence-electron chi connectivity index (χ3n) is 2.38. The van der Waals surface area contributed by atoms with Crippen molar-refractivity contribution >= 4 is 23.3 Å². The van der Waals surface area contributed by atoms with Crippen molar-refractivity contribution in [1.82, 2.24) is 0 Å². The van der Waals surface area contributed by atoms with Gasteiger partial charge in [-0.15, -0.1) is 0 Å². The molecule has 0 radical (unpaired) electrons. The van der Waals surface area contributed by atoms with Gasteiger partial charge in [0.15, 0.2) is 0 Å². The average Bonchev–Trinajstić information content (AvgIpc) is 2.30. The topological polar surface area (TPSA) is 88.5 Å². The van der Waals surface area contributed by atoms with Gasteiger partial charge in [-0.1, -0.05) is 6.92 Å². The third-order valence-corrected chi connectivity index (χ3v) is 2.38. The fourth-order valence-electron chi connectivity index (χ4n) is 1.23. The highest BCUT2D eigenvalue weighted by molar-refractivity contribution is 5.89. The van der Waals surface area contributed by atoms with Crippen molar-refractivity contribution in [2.45, 2.75) is 51.9 Å². The molecule has 5 nitrogen and oxygen atoms in total. The molecule has 0 rings (SSSR count). The number of carboxylic acids is 1. The molecule has 0 aromatic heterocycles. The summed E-state index contributed by atoms with van der Waals surface area (Å²) in [6.07, 6.45) is 0.794. The summed E-state index contributed by atoms with van der Waals surface area (Å²) in [6.45, 7) is 1.74. The Balaban J connectivity index is 3.66. The lowest BCUT2D eigenvalue weighted by molar-refractivity contribution is -0.138. The SMILES string of the molecule is CCC(=O)CCC(=O)CCC(=O)CCC(=O)O. The molecule has 17 heavy (non-hydrogen) atoms. The molecule has 0 aliphatic heterocycles. The standard InChI is InChI=1S/C12H18O5/c1-2-9(13)3-4-10(14)5-6-11(15)7-8-12(16)17/h2-8H2,1H3,(H,16,17). The van der Waals surface area contributed by atoms with Gasteiger partial charge in [0.1, 0.15) is 17.3 Å². The first-order chi connectivity index (χ1) is 7.95. The number of aliphatic carboxylic acids is 1. The molecule has 0 aliphatic carbocycles. The number of ketones is 3. The van der Waals surface area contributed by atoms with Crippen LogP contribution < -0.4 is 0 Å². The Morgan fingerprint density at radius 2 is 1.06 bits per heavy atom. The van der Waals surface area contributed by atoms with Crippen LogP contribution in [-0.4, -0.2) is 28.4 Å². The van der Waals surface area contributed by atoms with E-state index in [0.717, 1.165) is 0 Å². The molecule has 0 saturated carbocycles. The van der Waals surface area contributed by atoms with Crippen LogP contribution in [0.25, 0.3) is 0 Å². The predicted octanol–water partition coefficient (Wildman–Crippen LogP) is 1.53. The van der Waals surface area contributed by atoms with E-state index in [1.807, 2.05) is 0 Å². The summed E-state index contributed by atoms with van der Waals surface area (Å²) in [7, 11) is 0. The van der Waals surface area contributed by atoms with Gasteiger partial charge in [-0.25, -0.2) is 0 Å². The highest BCUT2D eigenvalue weighted by atomic mass is 16.4. The summed E-state index contributed by atoms with van der Waals surface area (Å²) in [4.78, 5) is 43.6. The number of Topliss-reactive ketones (excluding diaryl/α,β-unsaturated/α-hetero) is 3. The molecule has 5 heteroatoms. The molecule has 0 unspecified atom stereocenters. The second kappa shape index (κ2) is 8.61. The highest BCUT2D eigenvalue weighted by Gasteiger charge is 2.10. The number of carboxylic acid groups (broad SMARTS) is 1. The van der Waals surface area contributed by atoms with E-state index in [4.69, 9.17) is 5.11 Å². The lowest BCUT2D eigenvalue weighted by Crippen LogP contribution is -2.08. The number of carbonyl (C=O) groups is 4. The van der Waals surface area contributed by atoms with E-state index in [9.17, 15) is 19.2 Å². The van der Waals surface area contributed by atoms with Gasteiger partial charge >= 0.3 is 5.97 Å². The van der Waals surface area contributed by atoms with Crippen LogP contribution in [0.4, 0.5) is 0 Å². The van der Waals surface area contributed by atoms with E-state index >= 15 is 0 Å². The van der Waals surface area contributed by atoms with E-state index in [0.29, 0.717) is 6.42 Å². The van der Waals surface area contributed by atoms with Crippen LogP contribution in [0.2, 0.25) is 0 Å². The Hall–Kier alpha value is -1.52. The molecule has 0 aromatic rings. The van der Waals surface area contributed by atoms with Crippen LogP contribution in [0, 0.1) is 0 Å². The van der Waals surface area contributed by atoms with E-state index in [1.54, 1.807) is 6.92 Å². The second-order valence-electron chi connectivity index (χ2n) is 3.86. The molecule has 96 valence electrons. The normalized spacial score (nSPS) is 9.94. The first kappa shape index (κ1) is 15.5. The molecular weight excluding hydrogens is 224 g/mol. The fraction of sp³-hybridized carbons (Fsp3) is 0.667. The number of hydrogen-bond donors (Lipinski definition) is 1. The van der Waals surface area contributed by atoms with Gasteiger partial charge in [-0.05, 0) is 0 Å². The zero-order valence-corrected chi connectivity index (χ0v) is 10.0. The molecule has 0 amide bonds. The molecule has 0 bridgehead atoms. The monoisotopic (exact) mass is 242 g/mol. The van der Waals surface area contributed by atoms with Crippen LogP contribution in [-0.2, 0) is 19.2 Å². The molecule has 0 heterocycles. The van der Waals surface area contributed by atoms with Crippen molar-refractivity contribution in [3.05, 3.63) is 0 Å². The van der Waals surface area contributed by atoms with Crippen LogP contribution in [0.1, 0.15) is 51.9 Å². The Labute approximate surface area is 100 Å². The Bertz CT molecular complexity index is 306. The Kier molecular flexibility index (Phi) is 7.84. The van der Waals surface area contributed by atoms with Gasteiger partial charge in [-0.3, -0.25) is 19.2 Å². The number of carbonyl (C=O) groups excluding carboxylic acids is 3. The quantitative estimate of drug-likeness (QED) is 0.627. The summed E-state index contributed by atoms with van der Waals surface area (Å²) in [5.41, 5.74) is 0. The van der Waals surface area contributed by atoms with E-state index in [1.165, 1.54) is 0 Å². The number of hydrogen-bond acceptors (Lipinski definition) is 4. The third kappa shape index (κ3) is 9.41. The molecule has 0 fully saturated rings. The summed E-state index contributed by atoms with van der Waals surface area (Å²) in [6, 6.07) is 0. The van der Waals surface area contributed by atoms with Crippen LogP contribution >= 0.6 is 0 Å². The fourth-order valence-corrected chi connectivity index (χ4v) is 1.23. The predicted molar refractivity (Wildman–Crippen MR) is 60.6 cm³/mol. The van der Waals surface area contributed by atoms with Crippen molar-refractivity contribution in [3.8, 4) is 0 Å². The van der Waals surface area contributed by atoms with Crippen LogP contribution in [0.5, 0.6) is 0 Å². The van der Waals surface area contributed by atoms with Gasteiger partial charge in [0.2, 0.25) is 0 Å². The first-order valence-corrected chi connectivity index (χ1v) is 5.72. The zero-order chi connectivity index (χ0) is 13.3. The van der Waals surface area contributed by atoms with Gasteiger partial charge in [0.25, 0.3) is 0 Å². The van der Waals surface area contributed by atoms with Gasteiger partial charge in [0, 0.05) is 38.5 Å². The summed E-state index contributed by atoms with van der Waals surface area (Å²) >= 11 is 0. The van der Waals surface area contributed by atoms with Gasteiger partial charge in [-0.2, -0.15) is 0 Å². The lowest BCUT2D eigenvalue weighted by atomic mass is 10.0. The molecular formula is C12H18O5. The summed E-state index contributed by atoms with van der Waals surface area (Å²) in [5.74, 6) is -1.31. The molecule has 0 spiro atoms. The minimum atomic E-state index is -1.02. The maximum absolute atomic E-state index is 11.3. The summed E-state index contributed by atoms with van der Waals surface area (Å²) < 4.78 is 0. The first-order valence-electron chi connectivity index (χ1n) is 5.72. The molecule has 0 aromatic carbocycles. The smallest absolute Gasteiger partial charge is 0.303 e. The van der Waals surface area contributed by atoms with Crippen LogP contribution in [0.15, 0.2) is 0 Å². The van der Waals surface area contributed by atoms with Gasteiger partial charge < -0.3 is 5.11 Å². The van der Waals surface area contributed by atoms with E-state index in [-0.39, 0.29) is 55.9 Å². The molecule has 0 saturated heterocycles. The minimum Gasteiger partial charge on any atom is -0.481 e. The average molecular weight is 242 g/mol. The minimum absolute atomic E-state index is 0.0312. The molecule has 0 atom stereocenters. The van der Waals surface area contributed by atoms with Gasteiger partial charge in [0.05, 0.1) is 6.42 Å². The van der Waals surface area contributed by atoms with Crippen molar-refractivity contribution in [1.29, 1.82) is 0 Å². The Morgan fingerprint density at radius 3 is 1.41 bits per heavy atom. The van der Waals surface area contributed by atoms with Crippen LogP contribution in [0.3, 0.4) is 0 Å². The maximum atomic E-state index is 11.3. The largest absolute Gasteiger partial charge is 0.481 e. The molecule has 1 N–H and O–H groups in total. The Morgan fingerprint density at radius 1 is 0.706 bits per heavy atom. The van der Waals surface area contributed by atoms with Crippen molar-refractivity contribution in [2.75, 3.05) is 0 Å². The van der Waals surface area contributed by atoms with E-state index in [2.05, 4.69) is 0 Å². The zero-order valence-electron chi connectivity index (χ0n) is 10.0. The lowest BCUT2D eigenvalue weighted by Gasteiger charge is -1.99. The van der Waals surface area contributed by atoms with Crippen molar-refractivity contribution in [2.24, 2.45) is 0 Å². The second-order valence-corrected chi connectivity index (χ2v) is 3.86. The molecule has 0 aliphatic rings. The maximum Gasteiger partial charge on any atom is 0.303 e. The summed E-state index contributed by atoms with van der Waals surface area (Å²) in [5, 5.41) is 8.36. The van der Waals surface area contributed by atoms with Crippen molar-refractivity contribution < 1.29 is 24.3 Å². The highest BCUT2D eigenvalue weighted by Crippen LogP contribution is 2.04. The van der Waals surface area contributed by atoms with Crippen molar-refractivity contribution in [3.63, 3.8) is 0 Å². The number of rotatable bonds is 10. The van der Waals surface area contributed by atoms with E-state index < -0.39 is 5.97 Å².